The monoisotopic (exact) mass is 227 g/mol. The lowest BCUT2D eigenvalue weighted by molar-refractivity contribution is -0.136. The van der Waals surface area contributed by atoms with Crippen LogP contribution in [0, 0.1) is 0 Å². The molecule has 2 saturated heterocycles. The number of rotatable bonds is 3. The Morgan fingerprint density at radius 1 is 1.50 bits per heavy atom. The fourth-order valence-electron chi connectivity index (χ4n) is 2.17. The highest BCUT2D eigenvalue weighted by molar-refractivity contribution is 5.82. The van der Waals surface area contributed by atoms with E-state index in [9.17, 15) is 4.79 Å². The predicted molar refractivity (Wildman–Crippen MR) is 61.2 cm³/mol. The van der Waals surface area contributed by atoms with Gasteiger partial charge in [0.05, 0.1) is 13.2 Å². The minimum atomic E-state index is -0.108. The predicted octanol–water partition coefficient (Wildman–Crippen LogP) is -0.816. The van der Waals surface area contributed by atoms with Gasteiger partial charge in [0.1, 0.15) is 6.04 Å². The molecule has 2 heterocycles. The molecule has 16 heavy (non-hydrogen) atoms. The molecule has 2 aliphatic heterocycles. The molecule has 0 spiro atoms. The first-order valence-corrected chi connectivity index (χ1v) is 6.03. The van der Waals surface area contributed by atoms with Crippen molar-refractivity contribution in [1.82, 2.24) is 15.5 Å². The van der Waals surface area contributed by atoms with E-state index in [1.807, 2.05) is 13.8 Å². The number of amides is 1. The third kappa shape index (κ3) is 2.53. The van der Waals surface area contributed by atoms with Crippen LogP contribution >= 0.6 is 0 Å². The lowest BCUT2D eigenvalue weighted by Crippen LogP contribution is -2.66. The molecule has 0 aromatic heterocycles. The molecular weight excluding hydrogens is 206 g/mol. The minimum Gasteiger partial charge on any atom is -0.378 e. The van der Waals surface area contributed by atoms with Crippen molar-refractivity contribution in [3.05, 3.63) is 0 Å². The Labute approximate surface area is 96.5 Å². The fraction of sp³-hybridized carbons (Fsp3) is 0.909. The Balaban J connectivity index is 1.95. The van der Waals surface area contributed by atoms with E-state index in [4.69, 9.17) is 4.74 Å². The van der Waals surface area contributed by atoms with Gasteiger partial charge in [-0.25, -0.2) is 0 Å². The molecule has 0 aliphatic carbocycles. The number of carbonyl (C=O) groups excluding carboxylic acids is 1. The Hall–Kier alpha value is -0.650. The summed E-state index contributed by atoms with van der Waals surface area (Å²) in [7, 11) is 0. The Morgan fingerprint density at radius 2 is 2.25 bits per heavy atom. The van der Waals surface area contributed by atoms with Gasteiger partial charge in [-0.3, -0.25) is 9.69 Å². The van der Waals surface area contributed by atoms with Crippen molar-refractivity contribution in [2.24, 2.45) is 0 Å². The molecule has 1 unspecified atom stereocenters. The number of ether oxygens (including phenoxy) is 1. The van der Waals surface area contributed by atoms with Gasteiger partial charge in [-0.1, -0.05) is 0 Å². The topological polar surface area (TPSA) is 53.6 Å². The van der Waals surface area contributed by atoms with E-state index in [1.165, 1.54) is 0 Å². The van der Waals surface area contributed by atoms with Gasteiger partial charge in [0.25, 0.3) is 0 Å². The molecule has 5 nitrogen and oxygen atoms in total. The van der Waals surface area contributed by atoms with Crippen LogP contribution in [0.25, 0.3) is 0 Å². The van der Waals surface area contributed by atoms with Gasteiger partial charge >= 0.3 is 0 Å². The summed E-state index contributed by atoms with van der Waals surface area (Å²) in [6.07, 6.45) is 0. The molecule has 1 amide bonds. The van der Waals surface area contributed by atoms with Crippen LogP contribution in [0.3, 0.4) is 0 Å². The highest BCUT2D eigenvalue weighted by Gasteiger charge is 2.36. The van der Waals surface area contributed by atoms with Crippen molar-refractivity contribution in [2.75, 3.05) is 32.8 Å². The van der Waals surface area contributed by atoms with Crippen LogP contribution in [0.5, 0.6) is 0 Å². The lowest BCUT2D eigenvalue weighted by atomic mass is 10.1. The quantitative estimate of drug-likeness (QED) is 0.662. The second-order valence-electron chi connectivity index (χ2n) is 4.80. The highest BCUT2D eigenvalue weighted by Crippen LogP contribution is 2.14. The summed E-state index contributed by atoms with van der Waals surface area (Å²) >= 11 is 0. The zero-order chi connectivity index (χ0) is 11.5. The Bertz CT molecular complexity index is 254. The molecule has 0 aromatic carbocycles. The molecule has 5 heteroatoms. The summed E-state index contributed by atoms with van der Waals surface area (Å²) in [4.78, 5) is 14.3. The molecule has 0 radical (unpaired) electrons. The average Bonchev–Trinajstić information content (AvgIpc) is 2.14. The third-order valence-electron chi connectivity index (χ3n) is 3.13. The molecule has 0 aromatic rings. The third-order valence-corrected chi connectivity index (χ3v) is 3.13. The lowest BCUT2D eigenvalue weighted by Gasteiger charge is -2.44. The Morgan fingerprint density at radius 3 is 2.81 bits per heavy atom. The van der Waals surface area contributed by atoms with Crippen molar-refractivity contribution in [3.8, 4) is 0 Å². The summed E-state index contributed by atoms with van der Waals surface area (Å²) < 4.78 is 5.41. The molecule has 1 atom stereocenters. The van der Waals surface area contributed by atoms with E-state index >= 15 is 0 Å². The van der Waals surface area contributed by atoms with E-state index in [0.29, 0.717) is 12.6 Å². The zero-order valence-corrected chi connectivity index (χ0v) is 10.0. The summed E-state index contributed by atoms with van der Waals surface area (Å²) in [5.41, 5.74) is 0. The number of nitrogens with zero attached hydrogens (tertiary/aromatic N) is 1. The van der Waals surface area contributed by atoms with Crippen LogP contribution in [0.15, 0.2) is 0 Å². The van der Waals surface area contributed by atoms with E-state index in [0.717, 1.165) is 26.2 Å². The maximum atomic E-state index is 12.0. The molecule has 2 fully saturated rings. The van der Waals surface area contributed by atoms with Gasteiger partial charge in [0, 0.05) is 31.7 Å². The average molecular weight is 227 g/mol. The van der Waals surface area contributed by atoms with Crippen molar-refractivity contribution >= 4 is 5.91 Å². The van der Waals surface area contributed by atoms with Crippen LogP contribution in [-0.4, -0.2) is 61.8 Å². The Kier molecular flexibility index (Phi) is 3.78. The molecule has 2 N–H and O–H groups in total. The molecule has 0 saturated carbocycles. The normalized spacial score (nSPS) is 27.8. The van der Waals surface area contributed by atoms with Gasteiger partial charge in [-0.2, -0.15) is 0 Å². The summed E-state index contributed by atoms with van der Waals surface area (Å²) in [5, 5.41) is 6.21. The molecule has 0 bridgehead atoms. The summed E-state index contributed by atoms with van der Waals surface area (Å²) in [6.45, 7) is 8.07. The van der Waals surface area contributed by atoms with Crippen molar-refractivity contribution < 1.29 is 9.53 Å². The van der Waals surface area contributed by atoms with Crippen LogP contribution in [0.2, 0.25) is 0 Å². The van der Waals surface area contributed by atoms with Crippen LogP contribution in [0.4, 0.5) is 0 Å². The smallest absolute Gasteiger partial charge is 0.239 e. The first-order chi connectivity index (χ1) is 7.68. The minimum absolute atomic E-state index is 0.0987. The molecule has 92 valence electrons. The second kappa shape index (κ2) is 5.12. The van der Waals surface area contributed by atoms with E-state index in [-0.39, 0.29) is 18.0 Å². The van der Waals surface area contributed by atoms with Crippen molar-refractivity contribution in [1.29, 1.82) is 0 Å². The number of morpholine rings is 1. The number of carbonyl (C=O) groups is 1. The van der Waals surface area contributed by atoms with Gasteiger partial charge in [0.15, 0.2) is 0 Å². The summed E-state index contributed by atoms with van der Waals surface area (Å²) in [6, 6.07) is 0.589. The van der Waals surface area contributed by atoms with E-state index in [2.05, 4.69) is 15.5 Å². The van der Waals surface area contributed by atoms with Crippen LogP contribution < -0.4 is 10.6 Å². The zero-order valence-electron chi connectivity index (χ0n) is 10.0. The summed E-state index contributed by atoms with van der Waals surface area (Å²) in [5.74, 6) is 0.0987. The maximum absolute atomic E-state index is 12.0. The van der Waals surface area contributed by atoms with Crippen molar-refractivity contribution in [2.45, 2.75) is 32.0 Å². The van der Waals surface area contributed by atoms with Gasteiger partial charge in [-0.15, -0.1) is 0 Å². The van der Waals surface area contributed by atoms with E-state index < -0.39 is 0 Å². The van der Waals surface area contributed by atoms with Crippen molar-refractivity contribution in [3.63, 3.8) is 0 Å². The molecular formula is C11H21N3O2. The SMILES string of the molecule is CC(C)NC(=O)C1COCCN1C1CNC1. The van der Waals surface area contributed by atoms with Gasteiger partial charge in [-0.05, 0) is 13.8 Å². The standard InChI is InChI=1S/C11H21N3O2/c1-8(2)13-11(15)10-7-16-4-3-14(10)9-5-12-6-9/h8-10,12H,3-7H2,1-2H3,(H,13,15). The van der Waals surface area contributed by atoms with E-state index in [1.54, 1.807) is 0 Å². The number of hydrogen-bond acceptors (Lipinski definition) is 4. The highest BCUT2D eigenvalue weighted by atomic mass is 16.5. The number of nitrogens with one attached hydrogen (secondary N) is 2. The second-order valence-corrected chi connectivity index (χ2v) is 4.80. The maximum Gasteiger partial charge on any atom is 0.239 e. The fourth-order valence-corrected chi connectivity index (χ4v) is 2.17. The number of hydrogen-bond donors (Lipinski definition) is 2. The largest absolute Gasteiger partial charge is 0.378 e. The van der Waals surface area contributed by atoms with Gasteiger partial charge in [0.2, 0.25) is 5.91 Å². The van der Waals surface area contributed by atoms with Crippen LogP contribution in [0.1, 0.15) is 13.8 Å². The molecule has 2 aliphatic rings. The van der Waals surface area contributed by atoms with Crippen LogP contribution in [-0.2, 0) is 9.53 Å². The first-order valence-electron chi connectivity index (χ1n) is 6.03. The molecule has 2 rings (SSSR count). The first kappa shape index (κ1) is 11.8. The van der Waals surface area contributed by atoms with Gasteiger partial charge < -0.3 is 15.4 Å².